The van der Waals surface area contributed by atoms with E-state index in [9.17, 15) is 8.42 Å². The van der Waals surface area contributed by atoms with Crippen LogP contribution in [-0.2, 0) is 14.6 Å². The number of allylic oxidation sites excluding steroid dienone is 1. The van der Waals surface area contributed by atoms with Crippen molar-refractivity contribution < 1.29 is 13.2 Å². The molecule has 0 amide bonds. The number of hydrogen-bond donors (Lipinski definition) is 0. The fourth-order valence-corrected chi connectivity index (χ4v) is 4.76. The van der Waals surface area contributed by atoms with Gasteiger partial charge in [-0.2, -0.15) is 0 Å². The van der Waals surface area contributed by atoms with Gasteiger partial charge in [-0.25, -0.2) is 8.42 Å². The molecule has 4 heteroatoms. The molecule has 0 aromatic rings. The van der Waals surface area contributed by atoms with E-state index in [0.717, 1.165) is 25.7 Å². The van der Waals surface area contributed by atoms with Gasteiger partial charge in [-0.15, -0.1) is 0 Å². The molecule has 2 aliphatic rings. The topological polar surface area (TPSA) is 43.4 Å². The van der Waals surface area contributed by atoms with Crippen molar-refractivity contribution >= 4 is 9.84 Å². The molecule has 0 aromatic carbocycles. The van der Waals surface area contributed by atoms with Crippen molar-refractivity contribution in [1.29, 1.82) is 0 Å². The van der Waals surface area contributed by atoms with E-state index in [1.54, 1.807) is 0 Å². The lowest BCUT2D eigenvalue weighted by Crippen LogP contribution is -2.32. The van der Waals surface area contributed by atoms with Gasteiger partial charge in [0.1, 0.15) is 0 Å². The summed E-state index contributed by atoms with van der Waals surface area (Å²) >= 11 is 0. The van der Waals surface area contributed by atoms with Gasteiger partial charge in [0.15, 0.2) is 9.84 Å². The average Bonchev–Trinajstić information content (AvgIpc) is 2.61. The first-order chi connectivity index (χ1) is 8.54. The summed E-state index contributed by atoms with van der Waals surface area (Å²) in [5.41, 5.74) is 1.39. The quantitative estimate of drug-likeness (QED) is 0.583. The van der Waals surface area contributed by atoms with Crippen LogP contribution >= 0.6 is 0 Å². The molecule has 1 unspecified atom stereocenters. The molecule has 1 heterocycles. The van der Waals surface area contributed by atoms with Gasteiger partial charge in [-0.3, -0.25) is 0 Å². The maximum absolute atomic E-state index is 11.9. The Morgan fingerprint density at radius 1 is 1.22 bits per heavy atom. The van der Waals surface area contributed by atoms with E-state index in [1.165, 1.54) is 24.8 Å². The summed E-state index contributed by atoms with van der Waals surface area (Å²) in [6.07, 6.45) is 10.2. The summed E-state index contributed by atoms with van der Waals surface area (Å²) < 4.78 is 28.8. The number of hydrogen-bond acceptors (Lipinski definition) is 3. The Balaban J connectivity index is 1.78. The average molecular weight is 272 g/mol. The van der Waals surface area contributed by atoms with Crippen LogP contribution in [0.1, 0.15) is 58.3 Å². The van der Waals surface area contributed by atoms with Crippen molar-refractivity contribution in [3.05, 3.63) is 11.8 Å². The monoisotopic (exact) mass is 272 g/mol. The standard InChI is InChI=1S/C14H24O3S/c1-14(8-5-11-18(14,15)16)9-10-17-12-13-6-3-2-4-7-13/h12H,2-11H2,1H3. The lowest BCUT2D eigenvalue weighted by Gasteiger charge is -2.22. The SMILES string of the molecule is CC1(CCOC=C2CCCCC2)CCCS1(=O)=O. The van der Waals surface area contributed by atoms with Gasteiger partial charge in [0.25, 0.3) is 0 Å². The fraction of sp³-hybridized carbons (Fsp3) is 0.857. The van der Waals surface area contributed by atoms with E-state index in [1.807, 2.05) is 13.2 Å². The second-order valence-corrected chi connectivity index (χ2v) is 8.45. The van der Waals surface area contributed by atoms with E-state index >= 15 is 0 Å². The van der Waals surface area contributed by atoms with Crippen LogP contribution in [0.25, 0.3) is 0 Å². The summed E-state index contributed by atoms with van der Waals surface area (Å²) in [5, 5.41) is 0. The lowest BCUT2D eigenvalue weighted by atomic mass is 9.96. The molecule has 1 aliphatic carbocycles. The molecule has 0 N–H and O–H groups in total. The zero-order chi connectivity index (χ0) is 13.1. The Kier molecular flexibility index (Phi) is 4.36. The second kappa shape index (κ2) is 5.64. The Hall–Kier alpha value is -0.510. The van der Waals surface area contributed by atoms with Crippen LogP contribution in [0.15, 0.2) is 11.8 Å². The van der Waals surface area contributed by atoms with E-state index in [-0.39, 0.29) is 0 Å². The summed E-state index contributed by atoms with van der Waals surface area (Å²) in [5.74, 6) is 0.352. The Labute approximate surface area is 111 Å². The number of rotatable bonds is 4. The first kappa shape index (κ1) is 13.9. The van der Waals surface area contributed by atoms with Crippen molar-refractivity contribution in [2.75, 3.05) is 12.4 Å². The first-order valence-electron chi connectivity index (χ1n) is 7.05. The van der Waals surface area contributed by atoms with Crippen molar-refractivity contribution in [1.82, 2.24) is 0 Å². The molecule has 3 nitrogen and oxygen atoms in total. The minimum absolute atomic E-state index is 0.352. The molecule has 1 saturated heterocycles. The molecule has 1 aliphatic heterocycles. The van der Waals surface area contributed by atoms with Gasteiger partial charge in [-0.1, -0.05) is 6.42 Å². The molecule has 18 heavy (non-hydrogen) atoms. The van der Waals surface area contributed by atoms with Crippen LogP contribution in [-0.4, -0.2) is 25.5 Å². The Morgan fingerprint density at radius 3 is 2.56 bits per heavy atom. The maximum atomic E-state index is 11.9. The van der Waals surface area contributed by atoms with Crippen molar-refractivity contribution in [3.63, 3.8) is 0 Å². The van der Waals surface area contributed by atoms with E-state index in [2.05, 4.69) is 0 Å². The third-order valence-corrected chi connectivity index (χ3v) is 7.10. The summed E-state index contributed by atoms with van der Waals surface area (Å²) in [7, 11) is -2.89. The zero-order valence-corrected chi connectivity index (χ0v) is 12.1. The van der Waals surface area contributed by atoms with Crippen molar-refractivity contribution in [2.45, 2.75) is 63.0 Å². The lowest BCUT2D eigenvalue weighted by molar-refractivity contribution is 0.224. The van der Waals surface area contributed by atoms with Gasteiger partial charge in [0, 0.05) is 6.42 Å². The molecule has 1 atom stereocenters. The molecule has 104 valence electrons. The molecular weight excluding hydrogens is 248 g/mol. The third kappa shape index (κ3) is 3.08. The van der Waals surface area contributed by atoms with Crippen LogP contribution in [0.4, 0.5) is 0 Å². The van der Waals surface area contributed by atoms with Crippen molar-refractivity contribution in [3.8, 4) is 0 Å². The van der Waals surface area contributed by atoms with E-state index in [0.29, 0.717) is 18.8 Å². The van der Waals surface area contributed by atoms with Gasteiger partial charge < -0.3 is 4.74 Å². The Bertz CT molecular complexity index is 403. The predicted octanol–water partition coefficient (Wildman–Crippen LogP) is 3.21. The van der Waals surface area contributed by atoms with Crippen LogP contribution in [0, 0.1) is 0 Å². The maximum Gasteiger partial charge on any atom is 0.155 e. The van der Waals surface area contributed by atoms with Crippen molar-refractivity contribution in [2.24, 2.45) is 0 Å². The smallest absolute Gasteiger partial charge is 0.155 e. The highest BCUT2D eigenvalue weighted by molar-refractivity contribution is 7.93. The van der Waals surface area contributed by atoms with Crippen LogP contribution in [0.2, 0.25) is 0 Å². The molecular formula is C14H24O3S. The van der Waals surface area contributed by atoms with E-state index < -0.39 is 14.6 Å². The van der Waals surface area contributed by atoms with Gasteiger partial charge in [-0.05, 0) is 51.0 Å². The summed E-state index contributed by atoms with van der Waals surface area (Å²) in [6, 6.07) is 0. The molecule has 2 rings (SSSR count). The molecule has 2 fully saturated rings. The molecule has 0 spiro atoms. The molecule has 0 radical (unpaired) electrons. The number of ether oxygens (including phenoxy) is 1. The van der Waals surface area contributed by atoms with Gasteiger partial charge in [0.2, 0.25) is 0 Å². The normalized spacial score (nSPS) is 31.3. The highest BCUT2D eigenvalue weighted by atomic mass is 32.2. The second-order valence-electron chi connectivity index (χ2n) is 5.83. The van der Waals surface area contributed by atoms with Crippen LogP contribution < -0.4 is 0 Å². The third-order valence-electron chi connectivity index (χ3n) is 4.36. The summed E-state index contributed by atoms with van der Waals surface area (Å²) in [4.78, 5) is 0. The van der Waals surface area contributed by atoms with Gasteiger partial charge >= 0.3 is 0 Å². The summed E-state index contributed by atoms with van der Waals surface area (Å²) in [6.45, 7) is 2.39. The molecule has 0 aromatic heterocycles. The Morgan fingerprint density at radius 2 is 1.94 bits per heavy atom. The molecule has 1 saturated carbocycles. The van der Waals surface area contributed by atoms with Gasteiger partial charge in [0.05, 0.1) is 23.4 Å². The predicted molar refractivity (Wildman–Crippen MR) is 73.2 cm³/mol. The first-order valence-corrected chi connectivity index (χ1v) is 8.71. The minimum atomic E-state index is -2.89. The fourth-order valence-electron chi connectivity index (χ4n) is 2.89. The largest absolute Gasteiger partial charge is 0.501 e. The van der Waals surface area contributed by atoms with Crippen LogP contribution in [0.3, 0.4) is 0 Å². The highest BCUT2D eigenvalue weighted by Gasteiger charge is 2.42. The van der Waals surface area contributed by atoms with Crippen LogP contribution in [0.5, 0.6) is 0 Å². The zero-order valence-electron chi connectivity index (χ0n) is 11.3. The minimum Gasteiger partial charge on any atom is -0.501 e. The highest BCUT2D eigenvalue weighted by Crippen LogP contribution is 2.34. The molecule has 0 bridgehead atoms. The van der Waals surface area contributed by atoms with E-state index in [4.69, 9.17) is 4.74 Å². The number of sulfone groups is 1.